The predicted octanol–water partition coefficient (Wildman–Crippen LogP) is 1.12. The standard InChI is InChI=1S/C17H21FN4O3/c1-11-16(17(24)20-10-15(23)19-8-9-25-3)12(2)22(21-11)14-6-4-13(18)5-7-14/h4-7H,8-10H2,1-3H3,(H,19,23)(H,20,24). The van der Waals surface area contributed by atoms with Crippen LogP contribution < -0.4 is 10.6 Å². The molecule has 0 unspecified atom stereocenters. The molecule has 1 aromatic heterocycles. The summed E-state index contributed by atoms with van der Waals surface area (Å²) in [5.41, 5.74) is 2.19. The first-order valence-electron chi connectivity index (χ1n) is 7.80. The molecule has 0 fully saturated rings. The number of rotatable bonds is 7. The Hall–Kier alpha value is -2.74. The third kappa shape index (κ3) is 4.63. The van der Waals surface area contributed by atoms with Crippen LogP contribution in [-0.4, -0.2) is 48.4 Å². The van der Waals surface area contributed by atoms with Gasteiger partial charge in [-0.25, -0.2) is 9.07 Å². The first kappa shape index (κ1) is 18.6. The van der Waals surface area contributed by atoms with Gasteiger partial charge in [0.1, 0.15) is 5.82 Å². The smallest absolute Gasteiger partial charge is 0.255 e. The van der Waals surface area contributed by atoms with Crippen molar-refractivity contribution in [3.05, 3.63) is 47.0 Å². The van der Waals surface area contributed by atoms with Crippen molar-refractivity contribution in [2.45, 2.75) is 13.8 Å². The fourth-order valence-electron chi connectivity index (χ4n) is 2.41. The van der Waals surface area contributed by atoms with Gasteiger partial charge in [0, 0.05) is 13.7 Å². The maximum Gasteiger partial charge on any atom is 0.255 e. The summed E-state index contributed by atoms with van der Waals surface area (Å²) in [6, 6.07) is 5.82. The molecule has 0 saturated heterocycles. The SMILES string of the molecule is COCCNC(=O)CNC(=O)c1c(C)nn(-c2ccc(F)cc2)c1C. The molecule has 1 heterocycles. The lowest BCUT2D eigenvalue weighted by atomic mass is 10.2. The third-order valence-corrected chi connectivity index (χ3v) is 3.63. The highest BCUT2D eigenvalue weighted by molar-refractivity contribution is 5.98. The Morgan fingerprint density at radius 3 is 2.52 bits per heavy atom. The summed E-state index contributed by atoms with van der Waals surface area (Å²) < 4.78 is 19.5. The van der Waals surface area contributed by atoms with Crippen molar-refractivity contribution in [1.29, 1.82) is 0 Å². The maximum atomic E-state index is 13.1. The van der Waals surface area contributed by atoms with Gasteiger partial charge >= 0.3 is 0 Å². The van der Waals surface area contributed by atoms with Crippen LogP contribution in [0.2, 0.25) is 0 Å². The molecule has 2 amide bonds. The lowest BCUT2D eigenvalue weighted by Crippen LogP contribution is -2.38. The molecular weight excluding hydrogens is 327 g/mol. The summed E-state index contributed by atoms with van der Waals surface area (Å²) in [5.74, 6) is -1.03. The molecule has 0 radical (unpaired) electrons. The minimum Gasteiger partial charge on any atom is -0.383 e. The Morgan fingerprint density at radius 2 is 1.88 bits per heavy atom. The maximum absolute atomic E-state index is 13.1. The quantitative estimate of drug-likeness (QED) is 0.735. The van der Waals surface area contributed by atoms with Crippen molar-refractivity contribution in [3.8, 4) is 5.69 Å². The minimum absolute atomic E-state index is 0.136. The van der Waals surface area contributed by atoms with E-state index in [0.717, 1.165) is 0 Å². The average Bonchev–Trinajstić information content (AvgIpc) is 2.88. The van der Waals surface area contributed by atoms with Gasteiger partial charge in [0.25, 0.3) is 5.91 Å². The molecule has 25 heavy (non-hydrogen) atoms. The monoisotopic (exact) mass is 348 g/mol. The van der Waals surface area contributed by atoms with Gasteiger partial charge in [-0.1, -0.05) is 0 Å². The highest BCUT2D eigenvalue weighted by Crippen LogP contribution is 2.18. The molecule has 8 heteroatoms. The van der Waals surface area contributed by atoms with E-state index in [1.54, 1.807) is 30.7 Å². The van der Waals surface area contributed by atoms with E-state index in [4.69, 9.17) is 4.74 Å². The fraction of sp³-hybridized carbons (Fsp3) is 0.353. The number of aryl methyl sites for hydroxylation is 1. The Kier molecular flexibility index (Phi) is 6.24. The largest absolute Gasteiger partial charge is 0.383 e. The summed E-state index contributed by atoms with van der Waals surface area (Å²) in [6.07, 6.45) is 0. The van der Waals surface area contributed by atoms with Gasteiger partial charge in [-0.15, -0.1) is 0 Å². The summed E-state index contributed by atoms with van der Waals surface area (Å²) in [4.78, 5) is 24.0. The Morgan fingerprint density at radius 1 is 1.20 bits per heavy atom. The number of methoxy groups -OCH3 is 1. The van der Waals surface area contributed by atoms with Crippen LogP contribution in [0, 0.1) is 19.7 Å². The first-order chi connectivity index (χ1) is 11.9. The summed E-state index contributed by atoms with van der Waals surface area (Å²) >= 11 is 0. The normalized spacial score (nSPS) is 10.6. The van der Waals surface area contributed by atoms with E-state index in [0.29, 0.717) is 35.8 Å². The van der Waals surface area contributed by atoms with Gasteiger partial charge in [0.15, 0.2) is 0 Å². The van der Waals surface area contributed by atoms with Crippen LogP contribution in [0.25, 0.3) is 5.69 Å². The number of carbonyl (C=O) groups excluding carboxylic acids is 2. The molecule has 7 nitrogen and oxygen atoms in total. The van der Waals surface area contributed by atoms with E-state index < -0.39 is 0 Å². The van der Waals surface area contributed by atoms with Crippen molar-refractivity contribution in [3.63, 3.8) is 0 Å². The fourth-order valence-corrected chi connectivity index (χ4v) is 2.41. The zero-order valence-corrected chi connectivity index (χ0v) is 14.4. The van der Waals surface area contributed by atoms with E-state index in [2.05, 4.69) is 15.7 Å². The second kappa shape index (κ2) is 8.39. The second-order valence-corrected chi connectivity index (χ2v) is 5.46. The van der Waals surface area contributed by atoms with E-state index >= 15 is 0 Å². The van der Waals surface area contributed by atoms with Crippen molar-refractivity contribution in [2.75, 3.05) is 26.8 Å². The van der Waals surface area contributed by atoms with Crippen LogP contribution in [0.3, 0.4) is 0 Å². The molecule has 0 saturated carbocycles. The second-order valence-electron chi connectivity index (χ2n) is 5.46. The molecule has 0 aliphatic heterocycles. The number of nitrogens with zero attached hydrogens (tertiary/aromatic N) is 2. The van der Waals surface area contributed by atoms with Gasteiger partial charge in [0.2, 0.25) is 5.91 Å². The summed E-state index contributed by atoms with van der Waals surface area (Å²) in [6.45, 7) is 4.11. The van der Waals surface area contributed by atoms with E-state index in [1.165, 1.54) is 19.2 Å². The molecule has 2 N–H and O–H groups in total. The van der Waals surface area contributed by atoms with Gasteiger partial charge in [-0.05, 0) is 38.1 Å². The van der Waals surface area contributed by atoms with E-state index in [-0.39, 0.29) is 24.2 Å². The Labute approximate surface area is 145 Å². The van der Waals surface area contributed by atoms with E-state index in [1.807, 2.05) is 0 Å². The van der Waals surface area contributed by atoms with Crippen molar-refractivity contribution in [1.82, 2.24) is 20.4 Å². The molecule has 2 aromatic rings. The number of amides is 2. The number of ether oxygens (including phenoxy) is 1. The van der Waals surface area contributed by atoms with Crippen LogP contribution in [0.4, 0.5) is 4.39 Å². The molecule has 0 aliphatic carbocycles. The zero-order valence-electron chi connectivity index (χ0n) is 14.4. The average molecular weight is 348 g/mol. The number of nitrogens with one attached hydrogen (secondary N) is 2. The zero-order chi connectivity index (χ0) is 18.4. The summed E-state index contributed by atoms with van der Waals surface area (Å²) in [5, 5.41) is 9.53. The number of carbonyl (C=O) groups is 2. The minimum atomic E-state index is -0.384. The molecule has 0 aliphatic rings. The van der Waals surface area contributed by atoms with Crippen molar-refractivity contribution < 1.29 is 18.7 Å². The highest BCUT2D eigenvalue weighted by Gasteiger charge is 2.19. The van der Waals surface area contributed by atoms with Crippen molar-refractivity contribution in [2.24, 2.45) is 0 Å². The first-order valence-corrected chi connectivity index (χ1v) is 7.80. The van der Waals surface area contributed by atoms with Crippen LogP contribution in [0.1, 0.15) is 21.7 Å². The highest BCUT2D eigenvalue weighted by atomic mass is 19.1. The molecule has 134 valence electrons. The van der Waals surface area contributed by atoms with Crippen LogP contribution >= 0.6 is 0 Å². The molecule has 2 rings (SSSR count). The number of halogens is 1. The van der Waals surface area contributed by atoms with Gasteiger partial charge in [0.05, 0.1) is 35.8 Å². The molecule has 0 bridgehead atoms. The number of hydrogen-bond donors (Lipinski definition) is 2. The lowest BCUT2D eigenvalue weighted by molar-refractivity contribution is -0.120. The van der Waals surface area contributed by atoms with Crippen LogP contribution in [0.15, 0.2) is 24.3 Å². The molecule has 0 spiro atoms. The lowest BCUT2D eigenvalue weighted by Gasteiger charge is -2.07. The number of benzene rings is 1. The van der Waals surface area contributed by atoms with Gasteiger partial charge < -0.3 is 15.4 Å². The van der Waals surface area contributed by atoms with Gasteiger partial charge in [-0.3, -0.25) is 9.59 Å². The van der Waals surface area contributed by atoms with E-state index in [9.17, 15) is 14.0 Å². The molecule has 0 atom stereocenters. The third-order valence-electron chi connectivity index (χ3n) is 3.63. The Balaban J connectivity index is 2.08. The molecule has 1 aromatic carbocycles. The van der Waals surface area contributed by atoms with Crippen molar-refractivity contribution >= 4 is 11.8 Å². The number of hydrogen-bond acceptors (Lipinski definition) is 4. The summed E-state index contributed by atoms with van der Waals surface area (Å²) in [7, 11) is 1.54. The van der Waals surface area contributed by atoms with Crippen LogP contribution in [-0.2, 0) is 9.53 Å². The predicted molar refractivity (Wildman–Crippen MR) is 90.2 cm³/mol. The topological polar surface area (TPSA) is 85.2 Å². The molecular formula is C17H21FN4O3. The van der Waals surface area contributed by atoms with Crippen LogP contribution in [0.5, 0.6) is 0 Å². The van der Waals surface area contributed by atoms with Gasteiger partial charge in [-0.2, -0.15) is 5.10 Å². The Bertz CT molecular complexity index is 756. The number of aromatic nitrogens is 2.